The number of carbonyl (C=O) groups is 2. The first kappa shape index (κ1) is 24.3. The van der Waals surface area contributed by atoms with Crippen molar-refractivity contribution in [3.05, 3.63) is 0 Å². The van der Waals surface area contributed by atoms with E-state index in [4.69, 9.17) is 47.4 Å². The molecule has 0 aromatic heterocycles. The smallest absolute Gasteiger partial charge is 0.303 e. The third-order valence-corrected chi connectivity index (χ3v) is 6.51. The fourth-order valence-electron chi connectivity index (χ4n) is 5.30. The lowest BCUT2D eigenvalue weighted by Gasteiger charge is -2.54. The van der Waals surface area contributed by atoms with Crippen LogP contribution in [0.1, 0.15) is 41.5 Å². The van der Waals surface area contributed by atoms with Crippen molar-refractivity contribution in [2.24, 2.45) is 0 Å². The van der Waals surface area contributed by atoms with Gasteiger partial charge in [-0.3, -0.25) is 9.59 Å². The standard InChI is InChI=1S/C22H32O12/c1-11(23)29-17-15-13(31-19(3,4)33-15)7-25-21(17)9-28-22(10-27-21)18(30-12(2)24)16-14(8-26-22)32-20(5,6)34-16/h13-18H,7-10H2,1-6H3/t13-,14-,15-,16-,17+,18+,21+,22+/m1/s1. The number of hydrogen-bond acceptors (Lipinski definition) is 12. The number of fused-ring (bicyclic) bond motifs is 2. The Balaban J connectivity index is 1.39. The Hall–Kier alpha value is -1.38. The Bertz CT molecular complexity index is 764. The van der Waals surface area contributed by atoms with E-state index in [-0.39, 0.29) is 26.4 Å². The molecule has 12 nitrogen and oxygen atoms in total. The highest BCUT2D eigenvalue weighted by molar-refractivity contribution is 5.66. The van der Waals surface area contributed by atoms with Crippen LogP contribution >= 0.6 is 0 Å². The summed E-state index contributed by atoms with van der Waals surface area (Å²) in [5.41, 5.74) is 0. The highest BCUT2D eigenvalue weighted by Gasteiger charge is 2.67. The number of esters is 2. The summed E-state index contributed by atoms with van der Waals surface area (Å²) >= 11 is 0. The van der Waals surface area contributed by atoms with E-state index in [9.17, 15) is 9.59 Å². The second-order valence-electron chi connectivity index (χ2n) is 10.2. The predicted octanol–water partition coefficient (Wildman–Crippen LogP) is 0.390. The molecule has 5 heterocycles. The van der Waals surface area contributed by atoms with Crippen molar-refractivity contribution < 1.29 is 57.0 Å². The summed E-state index contributed by atoms with van der Waals surface area (Å²) in [6.45, 7) is 9.61. The van der Waals surface area contributed by atoms with E-state index in [1.165, 1.54) is 13.8 Å². The lowest BCUT2D eigenvalue weighted by Crippen LogP contribution is -2.73. The van der Waals surface area contributed by atoms with Crippen molar-refractivity contribution in [1.29, 1.82) is 0 Å². The SMILES string of the molecule is CC(=O)O[C@H]1[C@@H]2OC(C)(C)O[C@@H]2CO[C@]12CO[C@]1(CO2)OC[C@H]2OC(C)(C)O[C@H]2[C@@H]1OC(C)=O. The van der Waals surface area contributed by atoms with E-state index in [0.29, 0.717) is 0 Å². The van der Waals surface area contributed by atoms with Crippen molar-refractivity contribution in [2.75, 3.05) is 26.4 Å². The maximum Gasteiger partial charge on any atom is 0.303 e. The number of ether oxygens (including phenoxy) is 10. The normalized spacial score (nSPS) is 46.6. The average molecular weight is 488 g/mol. The fraction of sp³-hybridized carbons (Fsp3) is 0.909. The molecule has 0 saturated carbocycles. The van der Waals surface area contributed by atoms with Gasteiger partial charge in [0.15, 0.2) is 23.8 Å². The number of carbonyl (C=O) groups excluding carboxylic acids is 2. The summed E-state index contributed by atoms with van der Waals surface area (Å²) in [7, 11) is 0. The molecule has 12 heteroatoms. The van der Waals surface area contributed by atoms with Crippen LogP contribution in [0.2, 0.25) is 0 Å². The Morgan fingerprint density at radius 1 is 0.647 bits per heavy atom. The van der Waals surface area contributed by atoms with Gasteiger partial charge in [0.1, 0.15) is 37.6 Å². The van der Waals surface area contributed by atoms with Gasteiger partial charge in [0.2, 0.25) is 11.6 Å². The van der Waals surface area contributed by atoms with E-state index in [2.05, 4.69) is 0 Å². The maximum absolute atomic E-state index is 12.0. The second kappa shape index (κ2) is 8.07. The zero-order valence-electron chi connectivity index (χ0n) is 20.2. The Labute approximate surface area is 197 Å². The highest BCUT2D eigenvalue weighted by Crippen LogP contribution is 2.47. The van der Waals surface area contributed by atoms with Gasteiger partial charge in [-0.05, 0) is 27.7 Å². The molecule has 0 bridgehead atoms. The van der Waals surface area contributed by atoms with Crippen LogP contribution in [0, 0.1) is 0 Å². The lowest BCUT2D eigenvalue weighted by molar-refractivity contribution is -0.444. The van der Waals surface area contributed by atoms with Crippen molar-refractivity contribution in [3.63, 3.8) is 0 Å². The molecule has 2 spiro atoms. The van der Waals surface area contributed by atoms with Crippen LogP contribution in [-0.4, -0.2) is 98.1 Å². The number of hydrogen-bond donors (Lipinski definition) is 0. The molecule has 5 saturated heterocycles. The van der Waals surface area contributed by atoms with Crippen molar-refractivity contribution in [2.45, 2.75) is 101 Å². The monoisotopic (exact) mass is 488 g/mol. The summed E-state index contributed by atoms with van der Waals surface area (Å²) in [6, 6.07) is 0. The Morgan fingerprint density at radius 3 is 1.35 bits per heavy atom. The van der Waals surface area contributed by atoms with Gasteiger partial charge in [0, 0.05) is 13.8 Å². The molecule has 5 fully saturated rings. The van der Waals surface area contributed by atoms with Crippen LogP contribution < -0.4 is 0 Å². The Morgan fingerprint density at radius 2 is 1.03 bits per heavy atom. The molecule has 8 atom stereocenters. The maximum atomic E-state index is 12.0. The van der Waals surface area contributed by atoms with Crippen LogP contribution in [-0.2, 0) is 57.0 Å². The summed E-state index contributed by atoms with van der Waals surface area (Å²) in [5.74, 6) is -5.75. The van der Waals surface area contributed by atoms with Crippen LogP contribution in [0.3, 0.4) is 0 Å². The van der Waals surface area contributed by atoms with Crippen LogP contribution in [0.25, 0.3) is 0 Å². The first-order chi connectivity index (χ1) is 15.8. The minimum Gasteiger partial charge on any atom is -0.454 e. The zero-order valence-corrected chi connectivity index (χ0v) is 20.2. The van der Waals surface area contributed by atoms with Gasteiger partial charge >= 0.3 is 11.9 Å². The molecule has 5 aliphatic heterocycles. The molecule has 0 unspecified atom stereocenters. The summed E-state index contributed by atoms with van der Waals surface area (Å²) in [6.07, 6.45) is -4.07. The molecule has 5 aliphatic rings. The van der Waals surface area contributed by atoms with E-state index in [0.717, 1.165) is 0 Å². The third kappa shape index (κ3) is 4.13. The van der Waals surface area contributed by atoms with Crippen molar-refractivity contribution >= 4 is 11.9 Å². The van der Waals surface area contributed by atoms with Crippen molar-refractivity contribution in [3.8, 4) is 0 Å². The topological polar surface area (TPSA) is 126 Å². The quantitative estimate of drug-likeness (QED) is 0.499. The Kier molecular flexibility index (Phi) is 5.77. The molecule has 0 aliphatic carbocycles. The molecule has 0 aromatic carbocycles. The molecule has 0 N–H and O–H groups in total. The molecule has 0 amide bonds. The summed E-state index contributed by atoms with van der Waals surface area (Å²) in [5, 5.41) is 0. The minimum absolute atomic E-state index is 0.145. The van der Waals surface area contributed by atoms with Gasteiger partial charge in [-0.1, -0.05) is 0 Å². The summed E-state index contributed by atoms with van der Waals surface area (Å²) in [4.78, 5) is 23.9. The van der Waals surface area contributed by atoms with Gasteiger partial charge in [-0.25, -0.2) is 0 Å². The van der Waals surface area contributed by atoms with E-state index >= 15 is 0 Å². The van der Waals surface area contributed by atoms with E-state index in [1.54, 1.807) is 27.7 Å². The highest BCUT2D eigenvalue weighted by atomic mass is 16.8. The number of rotatable bonds is 2. The van der Waals surface area contributed by atoms with Gasteiger partial charge in [0.05, 0.1) is 13.2 Å². The van der Waals surface area contributed by atoms with E-state index < -0.39 is 71.7 Å². The van der Waals surface area contributed by atoms with Gasteiger partial charge < -0.3 is 47.4 Å². The first-order valence-corrected chi connectivity index (χ1v) is 11.5. The third-order valence-electron chi connectivity index (χ3n) is 6.51. The minimum atomic E-state index is -1.46. The predicted molar refractivity (Wildman–Crippen MR) is 108 cm³/mol. The van der Waals surface area contributed by atoms with E-state index in [1.807, 2.05) is 0 Å². The van der Waals surface area contributed by atoms with Crippen LogP contribution in [0.5, 0.6) is 0 Å². The first-order valence-electron chi connectivity index (χ1n) is 11.5. The zero-order chi connectivity index (χ0) is 24.5. The molecule has 0 aromatic rings. The molecular formula is C22H32O12. The van der Waals surface area contributed by atoms with Gasteiger partial charge in [-0.15, -0.1) is 0 Å². The molecule has 5 rings (SSSR count). The molecular weight excluding hydrogens is 456 g/mol. The lowest BCUT2D eigenvalue weighted by atomic mass is 9.93. The van der Waals surface area contributed by atoms with Gasteiger partial charge in [0.25, 0.3) is 0 Å². The molecule has 192 valence electrons. The average Bonchev–Trinajstić information content (AvgIpc) is 3.22. The fourth-order valence-corrected chi connectivity index (χ4v) is 5.30. The van der Waals surface area contributed by atoms with Crippen molar-refractivity contribution in [1.82, 2.24) is 0 Å². The summed E-state index contributed by atoms with van der Waals surface area (Å²) < 4.78 is 59.6. The largest absolute Gasteiger partial charge is 0.454 e. The molecule has 34 heavy (non-hydrogen) atoms. The second-order valence-corrected chi connectivity index (χ2v) is 10.2. The molecule has 0 radical (unpaired) electrons. The van der Waals surface area contributed by atoms with Crippen LogP contribution in [0.15, 0.2) is 0 Å². The van der Waals surface area contributed by atoms with Gasteiger partial charge in [-0.2, -0.15) is 0 Å². The van der Waals surface area contributed by atoms with Crippen LogP contribution in [0.4, 0.5) is 0 Å².